The zero-order valence-corrected chi connectivity index (χ0v) is 8.06. The third-order valence-electron chi connectivity index (χ3n) is 4.14. The Morgan fingerprint density at radius 1 is 0.929 bits per heavy atom. The van der Waals surface area contributed by atoms with Crippen LogP contribution in [0.25, 0.3) is 0 Å². The summed E-state index contributed by atoms with van der Waals surface area (Å²) in [6.45, 7) is 0. The largest absolute Gasteiger partial charge is 0.323 e. The number of nitrogens with one attached hydrogen (secondary N) is 2. The van der Waals surface area contributed by atoms with Crippen molar-refractivity contribution in [2.24, 2.45) is 5.41 Å². The van der Waals surface area contributed by atoms with Crippen molar-refractivity contribution in [3.63, 3.8) is 0 Å². The number of carbonyl (C=O) groups is 2. The van der Waals surface area contributed by atoms with E-state index in [-0.39, 0.29) is 11.9 Å². The van der Waals surface area contributed by atoms with Gasteiger partial charge in [0.25, 0.3) is 5.91 Å². The molecule has 0 atom stereocenters. The van der Waals surface area contributed by atoms with Crippen molar-refractivity contribution in [2.45, 2.75) is 44.1 Å². The van der Waals surface area contributed by atoms with Crippen LogP contribution in [0.15, 0.2) is 0 Å². The molecule has 1 aliphatic heterocycles. The van der Waals surface area contributed by atoms with E-state index in [2.05, 4.69) is 10.6 Å². The van der Waals surface area contributed by atoms with Crippen molar-refractivity contribution in [2.75, 3.05) is 0 Å². The number of hydrogen-bond donors (Lipinski definition) is 2. The minimum Gasteiger partial charge on any atom is -0.323 e. The van der Waals surface area contributed by atoms with Crippen LogP contribution in [0.1, 0.15) is 38.5 Å². The van der Waals surface area contributed by atoms with Crippen LogP contribution in [0.5, 0.6) is 0 Å². The fraction of sp³-hybridized carbons (Fsp3) is 0.800. The number of rotatable bonds is 0. The van der Waals surface area contributed by atoms with E-state index in [1.807, 2.05) is 0 Å². The number of carbonyl (C=O) groups excluding carboxylic acids is 2. The molecular weight excluding hydrogens is 180 g/mol. The molecular formula is C10H14N2O2. The van der Waals surface area contributed by atoms with Gasteiger partial charge in [0.1, 0.15) is 5.54 Å². The first kappa shape index (κ1) is 8.26. The zero-order chi connectivity index (χ0) is 9.81. The highest BCUT2D eigenvalue weighted by molar-refractivity contribution is 6.07. The molecule has 0 unspecified atom stereocenters. The zero-order valence-electron chi connectivity index (χ0n) is 8.06. The van der Waals surface area contributed by atoms with Gasteiger partial charge in [0, 0.05) is 0 Å². The van der Waals surface area contributed by atoms with Gasteiger partial charge in [-0.25, -0.2) is 4.79 Å². The maximum Gasteiger partial charge on any atom is 0.322 e. The second-order valence-electron chi connectivity index (χ2n) is 4.99. The van der Waals surface area contributed by atoms with E-state index in [1.54, 1.807) is 0 Å². The van der Waals surface area contributed by atoms with Crippen LogP contribution in [0.4, 0.5) is 4.79 Å². The molecule has 4 nitrogen and oxygen atoms in total. The highest BCUT2D eigenvalue weighted by Crippen LogP contribution is 2.58. The summed E-state index contributed by atoms with van der Waals surface area (Å²) in [5.74, 6) is -0.113. The van der Waals surface area contributed by atoms with Gasteiger partial charge in [-0.2, -0.15) is 0 Å². The molecule has 3 rings (SSSR count). The van der Waals surface area contributed by atoms with E-state index >= 15 is 0 Å². The Kier molecular flexibility index (Phi) is 1.36. The highest BCUT2D eigenvalue weighted by Gasteiger charge is 2.54. The van der Waals surface area contributed by atoms with E-state index in [4.69, 9.17) is 0 Å². The van der Waals surface area contributed by atoms with Crippen LogP contribution in [-0.4, -0.2) is 17.5 Å². The Labute approximate surface area is 82.4 Å². The number of imide groups is 1. The molecule has 1 heterocycles. The molecule has 14 heavy (non-hydrogen) atoms. The summed E-state index contributed by atoms with van der Waals surface area (Å²) in [6.07, 6.45) is 6.48. The first-order valence-corrected chi connectivity index (χ1v) is 5.28. The molecule has 4 heteroatoms. The highest BCUT2D eigenvalue weighted by atomic mass is 16.2. The minimum atomic E-state index is -0.551. The Bertz CT molecular complexity index is 310. The van der Waals surface area contributed by atoms with Crippen molar-refractivity contribution >= 4 is 11.9 Å². The topological polar surface area (TPSA) is 58.2 Å². The molecule has 2 saturated carbocycles. The first-order valence-electron chi connectivity index (χ1n) is 5.28. The van der Waals surface area contributed by atoms with Crippen LogP contribution >= 0.6 is 0 Å². The molecule has 0 bridgehead atoms. The molecule has 3 fully saturated rings. The Balaban J connectivity index is 1.79. The normalized spacial score (nSPS) is 31.7. The molecule has 0 aromatic heterocycles. The second-order valence-corrected chi connectivity index (χ2v) is 4.99. The minimum absolute atomic E-state index is 0.113. The summed E-state index contributed by atoms with van der Waals surface area (Å²) < 4.78 is 0. The van der Waals surface area contributed by atoms with E-state index in [0.29, 0.717) is 5.41 Å². The van der Waals surface area contributed by atoms with Crippen LogP contribution < -0.4 is 10.6 Å². The summed E-state index contributed by atoms with van der Waals surface area (Å²) in [5, 5.41) is 5.12. The molecule has 2 spiro atoms. The molecule has 3 aliphatic rings. The molecule has 1 saturated heterocycles. The molecule has 3 amide bonds. The summed E-state index contributed by atoms with van der Waals surface area (Å²) in [5.41, 5.74) is 0.00374. The Hall–Kier alpha value is -1.06. The molecule has 76 valence electrons. The summed E-state index contributed by atoms with van der Waals surface area (Å²) in [4.78, 5) is 22.7. The molecule has 2 aliphatic carbocycles. The monoisotopic (exact) mass is 194 g/mol. The predicted octanol–water partition coefficient (Wildman–Crippen LogP) is 0.919. The number of urea groups is 1. The first-order chi connectivity index (χ1) is 6.64. The lowest BCUT2D eigenvalue weighted by Gasteiger charge is -2.34. The van der Waals surface area contributed by atoms with Crippen LogP contribution in [-0.2, 0) is 4.79 Å². The fourth-order valence-corrected chi connectivity index (χ4v) is 2.76. The molecule has 0 aromatic rings. The van der Waals surface area contributed by atoms with Gasteiger partial charge in [0.05, 0.1) is 0 Å². The molecule has 0 aromatic carbocycles. The van der Waals surface area contributed by atoms with E-state index in [1.165, 1.54) is 12.8 Å². The SMILES string of the molecule is O=C1NC(=O)C2(CCC3(CC3)CC2)N1. The van der Waals surface area contributed by atoms with Gasteiger partial charge in [0.2, 0.25) is 0 Å². The van der Waals surface area contributed by atoms with Gasteiger partial charge in [-0.05, 0) is 43.9 Å². The average molecular weight is 194 g/mol. The quantitative estimate of drug-likeness (QED) is 0.563. The smallest absolute Gasteiger partial charge is 0.322 e. The molecule has 2 N–H and O–H groups in total. The maximum absolute atomic E-state index is 11.6. The summed E-state index contributed by atoms with van der Waals surface area (Å²) in [7, 11) is 0. The van der Waals surface area contributed by atoms with Gasteiger partial charge in [-0.1, -0.05) is 0 Å². The third-order valence-corrected chi connectivity index (χ3v) is 4.14. The van der Waals surface area contributed by atoms with Crippen molar-refractivity contribution in [1.82, 2.24) is 10.6 Å². The van der Waals surface area contributed by atoms with Crippen molar-refractivity contribution in [3.05, 3.63) is 0 Å². The predicted molar refractivity (Wildman–Crippen MR) is 49.5 cm³/mol. The van der Waals surface area contributed by atoms with Crippen molar-refractivity contribution in [3.8, 4) is 0 Å². The molecule has 0 radical (unpaired) electrons. The van der Waals surface area contributed by atoms with Crippen LogP contribution in [0.3, 0.4) is 0 Å². The van der Waals surface area contributed by atoms with E-state index < -0.39 is 5.54 Å². The van der Waals surface area contributed by atoms with Gasteiger partial charge in [0.15, 0.2) is 0 Å². The summed E-state index contributed by atoms with van der Waals surface area (Å²) >= 11 is 0. The van der Waals surface area contributed by atoms with Gasteiger partial charge < -0.3 is 5.32 Å². The van der Waals surface area contributed by atoms with Crippen molar-refractivity contribution < 1.29 is 9.59 Å². The van der Waals surface area contributed by atoms with Crippen LogP contribution in [0, 0.1) is 5.41 Å². The Morgan fingerprint density at radius 2 is 1.50 bits per heavy atom. The van der Waals surface area contributed by atoms with Gasteiger partial charge >= 0.3 is 6.03 Å². The van der Waals surface area contributed by atoms with Crippen LogP contribution in [0.2, 0.25) is 0 Å². The van der Waals surface area contributed by atoms with Crippen molar-refractivity contribution in [1.29, 1.82) is 0 Å². The second kappa shape index (κ2) is 2.30. The lowest BCUT2D eigenvalue weighted by Crippen LogP contribution is -2.49. The van der Waals surface area contributed by atoms with Gasteiger partial charge in [-0.3, -0.25) is 10.1 Å². The summed E-state index contributed by atoms with van der Waals surface area (Å²) in [6, 6.07) is -0.318. The van der Waals surface area contributed by atoms with Gasteiger partial charge in [-0.15, -0.1) is 0 Å². The number of hydrogen-bond acceptors (Lipinski definition) is 2. The average Bonchev–Trinajstić information content (AvgIpc) is 2.84. The lowest BCUT2D eigenvalue weighted by molar-refractivity contribution is -0.125. The fourth-order valence-electron chi connectivity index (χ4n) is 2.76. The van der Waals surface area contributed by atoms with E-state index in [9.17, 15) is 9.59 Å². The third kappa shape index (κ3) is 0.996. The Morgan fingerprint density at radius 3 is 1.93 bits per heavy atom. The van der Waals surface area contributed by atoms with E-state index in [0.717, 1.165) is 25.7 Å². The lowest BCUT2D eigenvalue weighted by atomic mass is 9.75. The number of amides is 3. The maximum atomic E-state index is 11.6. The standard InChI is InChI=1S/C10H14N2O2/c13-7-10(12-8(14)11-7)5-3-9(1-2-9)4-6-10/h1-6H2,(H2,11,12,13,14).